The van der Waals surface area contributed by atoms with Gasteiger partial charge in [0.05, 0.1) is 30.0 Å². The molecule has 4 heterocycles. The number of urea groups is 1. The number of nitrogens with one attached hydrogen (secondary N) is 2. The van der Waals surface area contributed by atoms with E-state index in [1.165, 1.54) is 6.33 Å². The Hall–Kier alpha value is -4.56. The number of carbonyl (C=O) groups is 2. The summed E-state index contributed by atoms with van der Waals surface area (Å²) in [4.78, 5) is 36.3. The molecule has 3 aromatic heterocycles. The Morgan fingerprint density at radius 3 is 2.45 bits per heavy atom. The number of halogens is 3. The zero-order chi connectivity index (χ0) is 30.0. The van der Waals surface area contributed by atoms with E-state index in [4.69, 9.17) is 10.5 Å². The lowest BCUT2D eigenvalue weighted by Crippen LogP contribution is -2.36. The van der Waals surface area contributed by atoms with Gasteiger partial charge < -0.3 is 15.8 Å². The molecule has 4 aromatic rings. The van der Waals surface area contributed by atoms with Crippen LogP contribution < -0.4 is 16.4 Å². The second-order valence-electron chi connectivity index (χ2n) is 10.1. The standard InChI is InChI=1S/C28H29F3N8O3/c1-16(2)25(40)23-20(14-38-9-11-42-12-10-38)39-24(26(32)34-15-35-39)22(23)17-3-5-19(6-4-17)36-27(41)37-21-13-18(7-8-33-21)28(29,30)31/h3-8,13,15-16H,9-12,14H2,1-2H3,(H2,32,34,35)(H2,33,36,37,41). The predicted molar refractivity (Wildman–Crippen MR) is 150 cm³/mol. The van der Waals surface area contributed by atoms with Crippen LogP contribution in [-0.4, -0.2) is 62.6 Å². The quantitative estimate of drug-likeness (QED) is 0.266. The Labute approximate surface area is 238 Å². The molecule has 4 N–H and O–H groups in total. The monoisotopic (exact) mass is 582 g/mol. The van der Waals surface area contributed by atoms with Crippen LogP contribution in [0.15, 0.2) is 48.9 Å². The molecule has 2 amide bonds. The Balaban J connectivity index is 1.47. The maximum atomic E-state index is 13.7. The number of ketones is 1. The summed E-state index contributed by atoms with van der Waals surface area (Å²) in [5.41, 5.74) is 8.69. The Bertz CT molecular complexity index is 1610. The molecular formula is C28H29F3N8O3. The number of Topliss-reactive ketones (excluding diaryl/α,β-unsaturated/α-hetero) is 1. The number of amides is 2. The van der Waals surface area contributed by atoms with Crippen LogP contribution in [0.1, 0.15) is 35.5 Å². The van der Waals surface area contributed by atoms with Crippen LogP contribution >= 0.6 is 0 Å². The van der Waals surface area contributed by atoms with Crippen LogP contribution in [0.5, 0.6) is 0 Å². The third-order valence-electron chi connectivity index (χ3n) is 6.86. The van der Waals surface area contributed by atoms with Gasteiger partial charge in [0.1, 0.15) is 17.7 Å². The molecule has 1 aromatic carbocycles. The molecule has 0 radical (unpaired) electrons. The number of nitrogen functional groups attached to an aromatic ring is 1. The van der Waals surface area contributed by atoms with Gasteiger partial charge in [0.2, 0.25) is 0 Å². The number of anilines is 3. The summed E-state index contributed by atoms with van der Waals surface area (Å²) in [6.07, 6.45) is -2.25. The maximum Gasteiger partial charge on any atom is 0.416 e. The number of ether oxygens (including phenoxy) is 1. The van der Waals surface area contributed by atoms with Crippen LogP contribution in [0, 0.1) is 5.92 Å². The van der Waals surface area contributed by atoms with E-state index in [1.54, 1.807) is 28.8 Å². The first-order chi connectivity index (χ1) is 20.0. The molecule has 14 heteroatoms. The molecule has 0 unspecified atom stereocenters. The van der Waals surface area contributed by atoms with E-state index in [0.717, 1.165) is 18.3 Å². The number of rotatable bonds is 7. The molecule has 42 heavy (non-hydrogen) atoms. The van der Waals surface area contributed by atoms with Crippen molar-refractivity contribution >= 4 is 34.7 Å². The number of pyridine rings is 1. The van der Waals surface area contributed by atoms with Gasteiger partial charge in [0, 0.05) is 43.0 Å². The largest absolute Gasteiger partial charge is 0.416 e. The molecule has 0 atom stereocenters. The van der Waals surface area contributed by atoms with Crippen molar-refractivity contribution in [1.29, 1.82) is 0 Å². The molecule has 5 rings (SSSR count). The minimum absolute atomic E-state index is 0.0756. The van der Waals surface area contributed by atoms with Crippen LogP contribution in [-0.2, 0) is 17.5 Å². The molecule has 1 saturated heterocycles. The average molecular weight is 583 g/mol. The summed E-state index contributed by atoms with van der Waals surface area (Å²) in [6, 6.07) is 7.45. The molecule has 0 saturated carbocycles. The number of morpholine rings is 1. The molecule has 220 valence electrons. The first kappa shape index (κ1) is 29.0. The van der Waals surface area contributed by atoms with Crippen molar-refractivity contribution in [2.75, 3.05) is 42.7 Å². The highest BCUT2D eigenvalue weighted by atomic mass is 19.4. The lowest BCUT2D eigenvalue weighted by molar-refractivity contribution is -0.137. The van der Waals surface area contributed by atoms with Crippen molar-refractivity contribution in [3.05, 3.63) is 65.7 Å². The second-order valence-corrected chi connectivity index (χ2v) is 10.1. The minimum atomic E-state index is -4.57. The van der Waals surface area contributed by atoms with Gasteiger partial charge in [-0.1, -0.05) is 26.0 Å². The summed E-state index contributed by atoms with van der Waals surface area (Å²) >= 11 is 0. The maximum absolute atomic E-state index is 13.7. The minimum Gasteiger partial charge on any atom is -0.382 e. The third kappa shape index (κ3) is 6.04. The lowest BCUT2D eigenvalue weighted by Gasteiger charge is -2.26. The van der Waals surface area contributed by atoms with Crippen LogP contribution in [0.2, 0.25) is 0 Å². The molecule has 0 bridgehead atoms. The fraction of sp³-hybridized carbons (Fsp3) is 0.321. The van der Waals surface area contributed by atoms with Gasteiger partial charge in [-0.05, 0) is 29.8 Å². The van der Waals surface area contributed by atoms with Crippen LogP contribution in [0.3, 0.4) is 0 Å². The van der Waals surface area contributed by atoms with Gasteiger partial charge in [0.25, 0.3) is 0 Å². The molecule has 11 nitrogen and oxygen atoms in total. The first-order valence-electron chi connectivity index (χ1n) is 13.2. The highest BCUT2D eigenvalue weighted by Gasteiger charge is 2.31. The van der Waals surface area contributed by atoms with Crippen LogP contribution in [0.25, 0.3) is 16.6 Å². The fourth-order valence-corrected chi connectivity index (χ4v) is 4.80. The van der Waals surface area contributed by atoms with Crippen molar-refractivity contribution in [3.8, 4) is 11.1 Å². The van der Waals surface area contributed by atoms with Gasteiger partial charge in [0.15, 0.2) is 11.6 Å². The fourth-order valence-electron chi connectivity index (χ4n) is 4.80. The molecule has 0 spiro atoms. The van der Waals surface area contributed by atoms with E-state index in [-0.39, 0.29) is 23.3 Å². The predicted octanol–water partition coefficient (Wildman–Crippen LogP) is 4.71. The number of nitrogens with zero attached hydrogens (tertiary/aromatic N) is 5. The molecule has 1 aliphatic rings. The number of carbonyl (C=O) groups excluding carboxylic acids is 2. The summed E-state index contributed by atoms with van der Waals surface area (Å²) in [5, 5.41) is 9.33. The molecule has 1 aliphatic heterocycles. The number of benzene rings is 1. The lowest BCUT2D eigenvalue weighted by atomic mass is 9.93. The van der Waals surface area contributed by atoms with Crippen LogP contribution in [0.4, 0.5) is 35.3 Å². The van der Waals surface area contributed by atoms with E-state index >= 15 is 0 Å². The number of nitrogens with two attached hydrogens (primary N) is 1. The highest BCUT2D eigenvalue weighted by Crippen LogP contribution is 2.38. The highest BCUT2D eigenvalue weighted by molar-refractivity contribution is 6.10. The normalized spacial score (nSPS) is 14.3. The van der Waals surface area contributed by atoms with Crippen molar-refractivity contribution in [2.45, 2.75) is 26.6 Å². The zero-order valence-corrected chi connectivity index (χ0v) is 22.9. The summed E-state index contributed by atoms with van der Waals surface area (Å²) in [6.45, 7) is 6.70. The number of fused-ring (bicyclic) bond motifs is 1. The topological polar surface area (TPSA) is 140 Å². The Morgan fingerprint density at radius 1 is 1.07 bits per heavy atom. The van der Waals surface area contributed by atoms with Gasteiger partial charge in [-0.25, -0.2) is 19.3 Å². The average Bonchev–Trinajstić information content (AvgIpc) is 3.28. The SMILES string of the molecule is CC(C)C(=O)c1c(-c2ccc(NC(=O)Nc3cc(C(F)(F)F)ccn3)cc2)c2c(N)ncnn2c1CN1CCOCC1. The van der Waals surface area contributed by atoms with E-state index in [1.807, 2.05) is 13.8 Å². The van der Waals surface area contributed by atoms with Crippen molar-refractivity contribution < 1.29 is 27.5 Å². The van der Waals surface area contributed by atoms with Gasteiger partial charge in [-0.2, -0.15) is 18.3 Å². The summed E-state index contributed by atoms with van der Waals surface area (Å²) < 4.78 is 46.1. The van der Waals surface area contributed by atoms with Gasteiger partial charge in [-0.15, -0.1) is 0 Å². The van der Waals surface area contributed by atoms with Gasteiger partial charge in [-0.3, -0.25) is 15.0 Å². The number of hydrogen-bond acceptors (Lipinski definition) is 8. The number of alkyl halides is 3. The van der Waals surface area contributed by atoms with E-state index < -0.39 is 17.8 Å². The third-order valence-corrected chi connectivity index (χ3v) is 6.86. The Kier molecular flexibility index (Phi) is 8.09. The molecule has 0 aliphatic carbocycles. The van der Waals surface area contributed by atoms with Crippen molar-refractivity contribution in [2.24, 2.45) is 5.92 Å². The van der Waals surface area contributed by atoms with E-state index in [9.17, 15) is 22.8 Å². The number of hydrogen-bond donors (Lipinski definition) is 3. The molecular weight excluding hydrogens is 553 g/mol. The van der Waals surface area contributed by atoms with Gasteiger partial charge >= 0.3 is 12.2 Å². The van der Waals surface area contributed by atoms with Crippen molar-refractivity contribution in [3.63, 3.8) is 0 Å². The summed E-state index contributed by atoms with van der Waals surface area (Å²) in [5.74, 6) is -0.429. The first-order valence-corrected chi connectivity index (χ1v) is 13.2. The van der Waals surface area contributed by atoms with Crippen molar-refractivity contribution in [1.82, 2.24) is 24.5 Å². The summed E-state index contributed by atoms with van der Waals surface area (Å²) in [7, 11) is 0. The number of aromatic nitrogens is 4. The smallest absolute Gasteiger partial charge is 0.382 e. The zero-order valence-electron chi connectivity index (χ0n) is 22.9. The molecule has 1 fully saturated rings. The Morgan fingerprint density at radius 2 is 1.79 bits per heavy atom. The van der Waals surface area contributed by atoms with E-state index in [2.05, 4.69) is 30.6 Å². The van der Waals surface area contributed by atoms with E-state index in [0.29, 0.717) is 66.4 Å². The second kappa shape index (κ2) is 11.7.